The lowest BCUT2D eigenvalue weighted by atomic mass is 9.98. The molecule has 10 aromatic carbocycles. The summed E-state index contributed by atoms with van der Waals surface area (Å²) in [6.45, 7) is 34.3. The van der Waals surface area contributed by atoms with E-state index in [0.29, 0.717) is 97.8 Å². The van der Waals surface area contributed by atoms with Crippen LogP contribution in [0.3, 0.4) is 0 Å². The van der Waals surface area contributed by atoms with E-state index in [4.69, 9.17) is 23.7 Å². The Bertz CT molecular complexity index is 4070. The molecule has 0 saturated heterocycles. The first-order chi connectivity index (χ1) is 57.4. The number of carbonyl (C=O) groups excluding carboxylic acids is 10. The van der Waals surface area contributed by atoms with Gasteiger partial charge in [0.05, 0.1) is 0 Å². The fourth-order valence-electron chi connectivity index (χ4n) is 13.6. The second kappa shape index (κ2) is 61.0. The van der Waals surface area contributed by atoms with E-state index in [0.717, 1.165) is 0 Å². The lowest BCUT2D eigenvalue weighted by molar-refractivity contribution is -0.139. The molecule has 0 fully saturated rings. The van der Waals surface area contributed by atoms with E-state index >= 15 is 0 Å². The first kappa shape index (κ1) is 123. The molecule has 0 saturated carbocycles. The largest absolute Gasteiger partial charge is 0.467 e. The lowest BCUT2D eigenvalue weighted by Crippen LogP contribution is -2.17. The van der Waals surface area contributed by atoms with E-state index in [-0.39, 0.29) is 145 Å². The van der Waals surface area contributed by atoms with E-state index in [1.807, 2.05) is 225 Å². The SMILES string of the molecule is C.C.CC(C)(C)OC=O.CC(C)(C)OC=O.CC(C)(C)OC=O.CC(C)(C)OC=O.CC(C)(C)OC=O.I.O.O.O.O.O.O.O=COCC1c2ccccc2-c2ccccc21.O=COCC1c2ccccc2-c2ccccc21.O=COCC1c2ccccc2-c2ccccc21.O=COCC1c2ccccc2-c2ccccc21.O=COCC1c2ccccc2-c2ccccc21.[HH].[HH].[HH].[HH].[HH].[HH].[HH].[HH].[HH].[HH].[HH]. The number of halogens is 1. The summed E-state index contributed by atoms with van der Waals surface area (Å²) >= 11 is 0. The number of carbonyl (C=O) groups is 10. The molecular weight excluding hydrogens is 1770 g/mol. The average molecular weight is 1920 g/mol. The van der Waals surface area contributed by atoms with E-state index in [9.17, 15) is 47.9 Å². The molecule has 0 heterocycles. The van der Waals surface area contributed by atoms with Crippen LogP contribution in [0, 0.1) is 0 Å². The maximum absolute atomic E-state index is 10.4. The Labute approximate surface area is 791 Å². The highest BCUT2D eigenvalue weighted by atomic mass is 127. The third kappa shape index (κ3) is 38.1. The second-order valence-corrected chi connectivity index (χ2v) is 32.4. The highest BCUT2D eigenvalue weighted by Gasteiger charge is 2.33. The molecule has 724 valence electrons. The Balaban J connectivity index is -0.0000000960. The molecule has 0 radical (unpaired) electrons. The number of ether oxygens (including phenoxy) is 10. The fourth-order valence-corrected chi connectivity index (χ4v) is 13.6. The van der Waals surface area contributed by atoms with Crippen molar-refractivity contribution >= 4 is 88.7 Å². The van der Waals surface area contributed by atoms with Crippen LogP contribution in [0.4, 0.5) is 0 Å². The van der Waals surface area contributed by atoms with Crippen molar-refractivity contribution in [2.75, 3.05) is 33.0 Å². The lowest BCUT2D eigenvalue weighted by Gasteiger charge is -2.14. The van der Waals surface area contributed by atoms with Crippen LogP contribution in [0.25, 0.3) is 55.6 Å². The van der Waals surface area contributed by atoms with Crippen molar-refractivity contribution in [2.45, 2.75) is 176 Å². The Morgan fingerprint density at radius 2 is 0.287 bits per heavy atom. The normalized spacial score (nSPS) is 11.4. The molecule has 0 unspecified atom stereocenters. The van der Waals surface area contributed by atoms with Crippen molar-refractivity contribution in [2.24, 2.45) is 0 Å². The number of fused-ring (bicyclic) bond motifs is 15. The number of hydrogen-bond acceptors (Lipinski definition) is 20. The van der Waals surface area contributed by atoms with E-state index in [1.165, 1.54) is 111 Å². The van der Waals surface area contributed by atoms with Crippen molar-refractivity contribution < 1.29 is 144 Å². The molecule has 129 heavy (non-hydrogen) atoms. The van der Waals surface area contributed by atoms with Crippen LogP contribution in [-0.2, 0) is 95.3 Å². The summed E-state index contributed by atoms with van der Waals surface area (Å²) in [7, 11) is 0. The molecule has 10 aromatic rings. The zero-order valence-corrected chi connectivity index (χ0v) is 76.7. The van der Waals surface area contributed by atoms with Gasteiger partial charge in [0.15, 0.2) is 0 Å². The van der Waals surface area contributed by atoms with E-state index in [1.54, 1.807) is 0 Å². The van der Waals surface area contributed by atoms with Crippen LogP contribution < -0.4 is 0 Å². The molecule has 15 rings (SSSR count). The molecule has 5 aliphatic carbocycles. The monoisotopic (exact) mass is 1920 g/mol. The van der Waals surface area contributed by atoms with Crippen molar-refractivity contribution in [1.29, 1.82) is 0 Å². The number of hydrogen-bond donors (Lipinski definition) is 0. The molecule has 0 aromatic heterocycles. The number of rotatable bonds is 20. The Kier molecular flexibility index (Phi) is 58.0. The van der Waals surface area contributed by atoms with E-state index < -0.39 is 0 Å². The molecule has 0 amide bonds. The minimum absolute atomic E-state index is 0. The van der Waals surface area contributed by atoms with Gasteiger partial charge in [-0.1, -0.05) is 258 Å². The minimum atomic E-state index is -0.318. The van der Waals surface area contributed by atoms with Crippen LogP contribution in [0.5, 0.6) is 0 Å². The summed E-state index contributed by atoms with van der Waals surface area (Å²) in [5, 5.41) is 0. The molecule has 26 nitrogen and oxygen atoms in total. The van der Waals surface area contributed by atoms with Gasteiger partial charge in [0.25, 0.3) is 64.7 Å². The van der Waals surface area contributed by atoms with Gasteiger partial charge in [-0.3, -0.25) is 47.9 Å². The molecule has 0 spiro atoms. The van der Waals surface area contributed by atoms with Gasteiger partial charge in [-0.15, -0.1) is 24.0 Å². The van der Waals surface area contributed by atoms with Crippen LogP contribution in [-0.4, -0.2) is 159 Å². The standard InChI is InChI=1S/5C15H12O2.5C5H10O2.2CH4.HI.6H2O.11H2/c5*16-10-17-9-15-13-7-3-1-5-11(13)12-6-2-4-8-14(12)15;5*1-5(2,3)7-4-6;;;;;;;;;;;;;;;;;;;;/h5*1-8,10,15H,9H2;5*4H,1-3H3;2*1H4;1H;6*1H2;11*1H. The van der Waals surface area contributed by atoms with Gasteiger partial charge in [0.1, 0.15) is 61.0 Å². The molecule has 0 atom stereocenters. The van der Waals surface area contributed by atoms with Crippen LogP contribution in [0.2, 0.25) is 0 Å². The zero-order chi connectivity index (χ0) is 87.9. The molecule has 12 N–H and O–H groups in total. The first-order valence-electron chi connectivity index (χ1n) is 39.1. The highest BCUT2D eigenvalue weighted by molar-refractivity contribution is 14.0. The topological polar surface area (TPSA) is 452 Å². The summed E-state index contributed by atoms with van der Waals surface area (Å²) in [6, 6.07) is 82.9. The molecule has 0 aliphatic heterocycles. The summed E-state index contributed by atoms with van der Waals surface area (Å²) in [4.78, 5) is 99.8. The quantitative estimate of drug-likeness (QED) is 0.0388. The molecule has 0 bridgehead atoms. The Morgan fingerprint density at radius 1 is 0.194 bits per heavy atom. The van der Waals surface area contributed by atoms with Crippen molar-refractivity contribution in [3.05, 3.63) is 298 Å². The van der Waals surface area contributed by atoms with Crippen LogP contribution in [0.15, 0.2) is 243 Å². The smallest absolute Gasteiger partial charge is 0.293 e. The predicted octanol–water partition coefficient (Wildman–Crippen LogP) is 19.3. The zero-order valence-electron chi connectivity index (χ0n) is 74.4. The highest BCUT2D eigenvalue weighted by Crippen LogP contribution is 2.49. The van der Waals surface area contributed by atoms with Crippen molar-refractivity contribution in [3.63, 3.8) is 0 Å². The summed E-state index contributed by atoms with van der Waals surface area (Å²) in [5.41, 5.74) is 23.4. The van der Waals surface area contributed by atoms with Gasteiger partial charge in [-0.2, -0.15) is 0 Å². The third-order valence-electron chi connectivity index (χ3n) is 18.5. The minimum Gasteiger partial charge on any atom is -0.467 e. The number of benzene rings is 10. The summed E-state index contributed by atoms with van der Waals surface area (Å²) < 4.78 is 47.5. The van der Waals surface area contributed by atoms with E-state index in [2.05, 4.69) is 145 Å². The average Bonchev–Trinajstić information content (AvgIpc) is 1.65. The maximum atomic E-state index is 10.4. The van der Waals surface area contributed by atoms with Crippen LogP contribution >= 0.6 is 24.0 Å². The molecule has 5 aliphatic rings. The summed E-state index contributed by atoms with van der Waals surface area (Å²) in [5.74, 6) is 0.869. The Hall–Kier alpha value is -12.6. The summed E-state index contributed by atoms with van der Waals surface area (Å²) in [6.07, 6.45) is 0. The van der Waals surface area contributed by atoms with Crippen molar-refractivity contribution in [1.82, 2.24) is 0 Å². The second-order valence-electron chi connectivity index (χ2n) is 32.4. The van der Waals surface area contributed by atoms with Crippen molar-refractivity contribution in [3.8, 4) is 55.6 Å². The third-order valence-corrected chi connectivity index (χ3v) is 18.5. The van der Waals surface area contributed by atoms with Gasteiger partial charge in [0, 0.05) is 45.3 Å². The van der Waals surface area contributed by atoms with Gasteiger partial charge >= 0.3 is 0 Å². The van der Waals surface area contributed by atoms with Gasteiger partial charge in [-0.25, -0.2) is 0 Å². The molecule has 27 heteroatoms. The van der Waals surface area contributed by atoms with Gasteiger partial charge in [-0.05, 0) is 215 Å². The van der Waals surface area contributed by atoms with Crippen LogP contribution in [0.1, 0.15) is 220 Å². The maximum Gasteiger partial charge on any atom is 0.293 e. The van der Waals surface area contributed by atoms with Gasteiger partial charge < -0.3 is 80.2 Å². The predicted molar refractivity (Wildman–Crippen MR) is 537 cm³/mol. The molecular formula is C102H153IO26. The fraction of sp³-hybridized carbons (Fsp3) is 0.314. The first-order valence-corrected chi connectivity index (χ1v) is 39.1. The Morgan fingerprint density at radius 3 is 0.357 bits per heavy atom. The van der Waals surface area contributed by atoms with Gasteiger partial charge in [0.2, 0.25) is 0 Å².